The number of nitrogens with one attached hydrogen (secondary N) is 1. The fourth-order valence-electron chi connectivity index (χ4n) is 2.50. The van der Waals surface area contributed by atoms with E-state index < -0.39 is 23.4 Å². The van der Waals surface area contributed by atoms with Gasteiger partial charge in [-0.2, -0.15) is 13.2 Å². The van der Waals surface area contributed by atoms with E-state index in [0.29, 0.717) is 16.3 Å². The molecule has 0 aliphatic rings. The van der Waals surface area contributed by atoms with Crippen LogP contribution in [0.15, 0.2) is 47.8 Å². The van der Waals surface area contributed by atoms with E-state index in [1.807, 2.05) is 0 Å². The first-order chi connectivity index (χ1) is 14.2. The smallest absolute Gasteiger partial charge is 0.416 e. The van der Waals surface area contributed by atoms with Crippen LogP contribution in [0.2, 0.25) is 0 Å². The Morgan fingerprint density at radius 1 is 1.10 bits per heavy atom. The number of hydrogen-bond donors (Lipinski definition) is 1. The van der Waals surface area contributed by atoms with E-state index in [1.165, 1.54) is 18.2 Å². The molecule has 1 amide bonds. The summed E-state index contributed by atoms with van der Waals surface area (Å²) in [7, 11) is 0. The lowest BCUT2D eigenvalue weighted by Crippen LogP contribution is -2.29. The zero-order chi connectivity index (χ0) is 21.7. The second-order valence-electron chi connectivity index (χ2n) is 6.17. The maximum absolute atomic E-state index is 13.1. The monoisotopic (exact) mass is 442 g/mol. The fraction of sp³-hybridized carbons (Fsp3) is 0.200. The highest BCUT2D eigenvalue weighted by molar-refractivity contribution is 7.13. The van der Waals surface area contributed by atoms with Crippen molar-refractivity contribution in [2.75, 3.05) is 13.2 Å². The Kier molecular flexibility index (Phi) is 6.66. The number of nitrogens with zero attached hydrogens (tertiary/aromatic N) is 1. The first kappa shape index (κ1) is 21.7. The van der Waals surface area contributed by atoms with Gasteiger partial charge in [0, 0.05) is 17.0 Å². The summed E-state index contributed by atoms with van der Waals surface area (Å²) in [6.45, 7) is 0.172. The number of amides is 1. The third kappa shape index (κ3) is 5.76. The Hall–Kier alpha value is -3.01. The zero-order valence-electron chi connectivity index (χ0n) is 15.3. The van der Waals surface area contributed by atoms with Crippen molar-refractivity contribution >= 4 is 17.2 Å². The molecule has 3 rings (SSSR count). The summed E-state index contributed by atoms with van der Waals surface area (Å²) in [5.41, 5.74) is -0.0247. The highest BCUT2D eigenvalue weighted by Crippen LogP contribution is 2.33. The maximum Gasteiger partial charge on any atom is 0.416 e. The van der Waals surface area contributed by atoms with Gasteiger partial charge in [0.2, 0.25) is 5.91 Å². The van der Waals surface area contributed by atoms with Gasteiger partial charge in [-0.05, 0) is 24.3 Å². The molecule has 30 heavy (non-hydrogen) atoms. The third-order valence-corrected chi connectivity index (χ3v) is 4.85. The molecular weight excluding hydrogens is 427 g/mol. The topological polar surface area (TPSA) is 51.2 Å². The van der Waals surface area contributed by atoms with E-state index in [1.54, 1.807) is 5.38 Å². The molecule has 0 radical (unpaired) electrons. The molecule has 3 aromatic rings. The molecule has 0 aliphatic heterocycles. The second kappa shape index (κ2) is 9.21. The minimum absolute atomic E-state index is 0.0450. The first-order valence-electron chi connectivity index (χ1n) is 8.69. The van der Waals surface area contributed by atoms with Crippen molar-refractivity contribution in [1.82, 2.24) is 10.3 Å². The van der Waals surface area contributed by atoms with Gasteiger partial charge >= 0.3 is 6.18 Å². The normalized spacial score (nSPS) is 11.4. The van der Waals surface area contributed by atoms with Crippen LogP contribution in [0.3, 0.4) is 0 Å². The summed E-state index contributed by atoms with van der Waals surface area (Å²) in [5.74, 6) is -2.24. The summed E-state index contributed by atoms with van der Waals surface area (Å²) in [6.07, 6.45) is -4.50. The molecule has 10 heteroatoms. The highest BCUT2D eigenvalue weighted by atomic mass is 32.1. The van der Waals surface area contributed by atoms with E-state index in [-0.39, 0.29) is 31.2 Å². The largest absolute Gasteiger partial charge is 0.492 e. The molecule has 0 unspecified atom stereocenters. The number of rotatable bonds is 7. The Bertz CT molecular complexity index is 1040. The van der Waals surface area contributed by atoms with Crippen LogP contribution in [0.5, 0.6) is 5.75 Å². The molecule has 0 spiro atoms. The number of ether oxygens (including phenoxy) is 1. The summed E-state index contributed by atoms with van der Waals surface area (Å²) in [4.78, 5) is 16.2. The van der Waals surface area contributed by atoms with Crippen LogP contribution >= 0.6 is 11.3 Å². The Morgan fingerprint density at radius 2 is 1.90 bits per heavy atom. The van der Waals surface area contributed by atoms with Crippen LogP contribution in [0, 0.1) is 11.6 Å². The highest BCUT2D eigenvalue weighted by Gasteiger charge is 2.30. The van der Waals surface area contributed by atoms with Crippen LogP contribution in [0.1, 0.15) is 11.3 Å². The fourth-order valence-corrected chi connectivity index (χ4v) is 3.32. The predicted molar refractivity (Wildman–Crippen MR) is 101 cm³/mol. The van der Waals surface area contributed by atoms with Gasteiger partial charge in [0.05, 0.1) is 24.2 Å². The molecule has 1 heterocycles. The molecule has 158 valence electrons. The summed E-state index contributed by atoms with van der Waals surface area (Å²) < 4.78 is 69.6. The van der Waals surface area contributed by atoms with Crippen molar-refractivity contribution in [3.05, 3.63) is 70.7 Å². The standard InChI is InChI=1S/C20H15F5N2O2S/c21-16-5-4-15(10-17(16)22)29-7-6-26-18(28)9-14-11-30-19(27-14)12-2-1-3-13(8-12)20(23,24)25/h1-5,8,10-11H,6-7,9H2,(H,26,28). The molecule has 4 nitrogen and oxygen atoms in total. The Morgan fingerprint density at radius 3 is 2.63 bits per heavy atom. The zero-order valence-corrected chi connectivity index (χ0v) is 16.1. The van der Waals surface area contributed by atoms with E-state index >= 15 is 0 Å². The lowest BCUT2D eigenvalue weighted by Gasteiger charge is -2.08. The minimum Gasteiger partial charge on any atom is -0.492 e. The molecule has 0 bridgehead atoms. The van der Waals surface area contributed by atoms with E-state index in [4.69, 9.17) is 4.74 Å². The van der Waals surface area contributed by atoms with E-state index in [0.717, 1.165) is 35.6 Å². The van der Waals surface area contributed by atoms with Crippen LogP contribution in [-0.2, 0) is 17.4 Å². The molecule has 1 aromatic heterocycles. The average molecular weight is 442 g/mol. The summed E-state index contributed by atoms with van der Waals surface area (Å²) in [5, 5.41) is 4.57. The molecule has 0 saturated carbocycles. The van der Waals surface area contributed by atoms with Crippen LogP contribution in [0.4, 0.5) is 22.0 Å². The lowest BCUT2D eigenvalue weighted by atomic mass is 10.1. The van der Waals surface area contributed by atoms with Gasteiger partial charge < -0.3 is 10.1 Å². The minimum atomic E-state index is -4.45. The molecule has 0 fully saturated rings. The second-order valence-corrected chi connectivity index (χ2v) is 7.03. The molecule has 0 atom stereocenters. The van der Waals surface area contributed by atoms with Gasteiger partial charge in [0.1, 0.15) is 17.4 Å². The van der Waals surface area contributed by atoms with Gasteiger partial charge in [-0.15, -0.1) is 11.3 Å². The number of aromatic nitrogens is 1. The number of carbonyl (C=O) groups excluding carboxylic acids is 1. The van der Waals surface area contributed by atoms with Gasteiger partial charge in [-0.25, -0.2) is 13.8 Å². The number of hydrogen-bond acceptors (Lipinski definition) is 4. The number of alkyl halides is 3. The summed E-state index contributed by atoms with van der Waals surface area (Å²) >= 11 is 1.14. The molecule has 0 saturated heterocycles. The number of benzene rings is 2. The Balaban J connectivity index is 1.49. The average Bonchev–Trinajstić information content (AvgIpc) is 3.16. The van der Waals surface area contributed by atoms with Crippen LogP contribution in [-0.4, -0.2) is 24.0 Å². The van der Waals surface area contributed by atoms with Gasteiger partial charge in [-0.1, -0.05) is 12.1 Å². The predicted octanol–water partition coefficient (Wildman–Crippen LogP) is 4.84. The number of halogens is 5. The van der Waals surface area contributed by atoms with Crippen LogP contribution in [0.25, 0.3) is 10.6 Å². The lowest BCUT2D eigenvalue weighted by molar-refractivity contribution is -0.137. The number of carbonyl (C=O) groups is 1. The third-order valence-electron chi connectivity index (χ3n) is 3.91. The number of thiazole rings is 1. The van der Waals surface area contributed by atoms with Crippen molar-refractivity contribution in [3.63, 3.8) is 0 Å². The molecule has 0 aliphatic carbocycles. The van der Waals surface area contributed by atoms with Crippen LogP contribution < -0.4 is 10.1 Å². The van der Waals surface area contributed by atoms with Gasteiger partial charge in [0.15, 0.2) is 11.6 Å². The van der Waals surface area contributed by atoms with E-state index in [2.05, 4.69) is 10.3 Å². The van der Waals surface area contributed by atoms with Crippen molar-refractivity contribution < 1.29 is 31.5 Å². The maximum atomic E-state index is 13.1. The Labute approximate surface area is 172 Å². The van der Waals surface area contributed by atoms with Crippen molar-refractivity contribution in [1.29, 1.82) is 0 Å². The first-order valence-corrected chi connectivity index (χ1v) is 9.57. The van der Waals surface area contributed by atoms with Crippen molar-refractivity contribution in [2.45, 2.75) is 12.6 Å². The molecule has 1 N–H and O–H groups in total. The van der Waals surface area contributed by atoms with Crippen molar-refractivity contribution in [3.8, 4) is 16.3 Å². The van der Waals surface area contributed by atoms with E-state index in [9.17, 15) is 26.7 Å². The van der Waals surface area contributed by atoms with Gasteiger partial charge in [0.25, 0.3) is 0 Å². The quantitative estimate of drug-likeness (QED) is 0.421. The molecule has 2 aromatic carbocycles. The van der Waals surface area contributed by atoms with Crippen molar-refractivity contribution in [2.24, 2.45) is 0 Å². The van der Waals surface area contributed by atoms with Gasteiger partial charge in [-0.3, -0.25) is 4.79 Å². The molecular formula is C20H15F5N2O2S. The SMILES string of the molecule is O=C(Cc1csc(-c2cccc(C(F)(F)F)c2)n1)NCCOc1ccc(F)c(F)c1. The summed E-state index contributed by atoms with van der Waals surface area (Å²) in [6, 6.07) is 7.93.